The first-order valence-electron chi connectivity index (χ1n) is 8.96. The number of hydrogen-bond acceptors (Lipinski definition) is 3. The number of fused-ring (bicyclic) bond motifs is 1. The second-order valence-electron chi connectivity index (χ2n) is 6.74. The minimum absolute atomic E-state index is 0. The van der Waals surface area contributed by atoms with Gasteiger partial charge in [-0.25, -0.2) is 12.7 Å². The molecule has 152 valence electrons. The SMILES string of the molecule is CN=C(NCc1ccccc1S(=O)(=O)N(C)C)N1CCc2ccccc2C1.I. The molecule has 0 amide bonds. The molecule has 0 aromatic heterocycles. The van der Waals surface area contributed by atoms with Crippen LogP contribution in [0.15, 0.2) is 58.4 Å². The summed E-state index contributed by atoms with van der Waals surface area (Å²) in [4.78, 5) is 6.92. The summed E-state index contributed by atoms with van der Waals surface area (Å²) in [6.07, 6.45) is 0.975. The zero-order valence-corrected chi connectivity index (χ0v) is 19.6. The van der Waals surface area contributed by atoms with Crippen molar-refractivity contribution < 1.29 is 8.42 Å². The van der Waals surface area contributed by atoms with Crippen LogP contribution in [0, 0.1) is 0 Å². The summed E-state index contributed by atoms with van der Waals surface area (Å²) in [5.74, 6) is 0.779. The highest BCUT2D eigenvalue weighted by molar-refractivity contribution is 14.0. The van der Waals surface area contributed by atoms with Crippen LogP contribution in [0.3, 0.4) is 0 Å². The van der Waals surface area contributed by atoms with Crippen LogP contribution in [0.25, 0.3) is 0 Å². The standard InChI is InChI=1S/C20H26N4O2S.HI/c1-21-20(24-13-12-16-8-4-5-10-18(16)15-24)22-14-17-9-6-7-11-19(17)27(25,26)23(2)3;/h4-11H,12-15H2,1-3H3,(H,21,22);1H. The number of rotatable bonds is 4. The quantitative estimate of drug-likeness (QED) is 0.387. The third kappa shape index (κ3) is 4.84. The highest BCUT2D eigenvalue weighted by atomic mass is 127. The number of nitrogens with one attached hydrogen (secondary N) is 1. The lowest BCUT2D eigenvalue weighted by molar-refractivity contribution is 0.378. The Morgan fingerprint density at radius 2 is 1.75 bits per heavy atom. The molecule has 28 heavy (non-hydrogen) atoms. The normalized spacial score (nSPS) is 14.4. The van der Waals surface area contributed by atoms with E-state index >= 15 is 0 Å². The Morgan fingerprint density at radius 1 is 1.11 bits per heavy atom. The van der Waals surface area contributed by atoms with E-state index in [1.165, 1.54) is 15.4 Å². The van der Waals surface area contributed by atoms with Gasteiger partial charge in [0.25, 0.3) is 0 Å². The molecule has 0 aliphatic carbocycles. The fraction of sp³-hybridized carbons (Fsp3) is 0.350. The van der Waals surface area contributed by atoms with Gasteiger partial charge in [-0.05, 0) is 29.2 Å². The van der Waals surface area contributed by atoms with E-state index in [0.717, 1.165) is 31.0 Å². The first kappa shape index (κ1) is 22.6. The highest BCUT2D eigenvalue weighted by Crippen LogP contribution is 2.20. The number of benzene rings is 2. The van der Waals surface area contributed by atoms with Crippen LogP contribution in [-0.2, 0) is 29.5 Å². The summed E-state index contributed by atoms with van der Waals surface area (Å²) in [6.45, 7) is 2.08. The topological polar surface area (TPSA) is 65.0 Å². The van der Waals surface area contributed by atoms with Crippen molar-refractivity contribution >= 4 is 40.0 Å². The van der Waals surface area contributed by atoms with E-state index in [1.54, 1.807) is 33.3 Å². The smallest absolute Gasteiger partial charge is 0.242 e. The molecule has 0 saturated carbocycles. The van der Waals surface area contributed by atoms with Crippen molar-refractivity contribution in [3.05, 3.63) is 65.2 Å². The van der Waals surface area contributed by atoms with Gasteiger partial charge in [-0.15, -0.1) is 24.0 Å². The summed E-state index contributed by atoms with van der Waals surface area (Å²) < 4.78 is 26.4. The van der Waals surface area contributed by atoms with Gasteiger partial charge in [0.15, 0.2) is 5.96 Å². The zero-order chi connectivity index (χ0) is 19.4. The van der Waals surface area contributed by atoms with Crippen LogP contribution in [0.2, 0.25) is 0 Å². The average Bonchev–Trinajstić information content (AvgIpc) is 2.68. The van der Waals surface area contributed by atoms with E-state index in [0.29, 0.717) is 11.4 Å². The maximum absolute atomic E-state index is 12.6. The van der Waals surface area contributed by atoms with Crippen LogP contribution in [0.5, 0.6) is 0 Å². The van der Waals surface area contributed by atoms with E-state index in [2.05, 4.69) is 39.5 Å². The molecule has 1 heterocycles. The van der Waals surface area contributed by atoms with Gasteiger partial charge in [-0.2, -0.15) is 0 Å². The number of nitrogens with zero attached hydrogens (tertiary/aromatic N) is 3. The third-order valence-electron chi connectivity index (χ3n) is 4.81. The Hall–Kier alpha value is -1.65. The highest BCUT2D eigenvalue weighted by Gasteiger charge is 2.22. The lowest BCUT2D eigenvalue weighted by atomic mass is 10.0. The number of sulfonamides is 1. The molecule has 2 aromatic rings. The molecule has 1 N–H and O–H groups in total. The molecule has 6 nitrogen and oxygen atoms in total. The number of aliphatic imine (C=N–C) groups is 1. The molecule has 0 fully saturated rings. The monoisotopic (exact) mass is 514 g/mol. The summed E-state index contributed by atoms with van der Waals surface area (Å²) in [7, 11) is 1.36. The van der Waals surface area contributed by atoms with Gasteiger partial charge in [0.1, 0.15) is 0 Å². The van der Waals surface area contributed by atoms with Crippen molar-refractivity contribution in [3.8, 4) is 0 Å². The number of guanidine groups is 1. The van der Waals surface area contributed by atoms with Crippen molar-refractivity contribution in [1.29, 1.82) is 0 Å². The van der Waals surface area contributed by atoms with E-state index in [-0.39, 0.29) is 24.0 Å². The van der Waals surface area contributed by atoms with Gasteiger partial charge >= 0.3 is 0 Å². The Kier molecular flexibility index (Phi) is 7.85. The van der Waals surface area contributed by atoms with Crippen LogP contribution in [-0.4, -0.2) is 51.3 Å². The lowest BCUT2D eigenvalue weighted by Gasteiger charge is -2.31. The minimum Gasteiger partial charge on any atom is -0.352 e. The van der Waals surface area contributed by atoms with Gasteiger partial charge in [0.2, 0.25) is 10.0 Å². The molecule has 2 aromatic carbocycles. The molecule has 3 rings (SSSR count). The number of halogens is 1. The maximum atomic E-state index is 12.6. The molecule has 1 aliphatic rings. The predicted molar refractivity (Wildman–Crippen MR) is 123 cm³/mol. The van der Waals surface area contributed by atoms with E-state index in [4.69, 9.17) is 0 Å². The maximum Gasteiger partial charge on any atom is 0.242 e. The van der Waals surface area contributed by atoms with Crippen molar-refractivity contribution in [2.24, 2.45) is 4.99 Å². The summed E-state index contributed by atoms with van der Waals surface area (Å²) >= 11 is 0. The van der Waals surface area contributed by atoms with Gasteiger partial charge in [-0.1, -0.05) is 42.5 Å². The van der Waals surface area contributed by atoms with Crippen molar-refractivity contribution in [1.82, 2.24) is 14.5 Å². The summed E-state index contributed by atoms with van der Waals surface area (Å²) in [6, 6.07) is 15.5. The molecule has 0 radical (unpaired) electrons. The molecule has 1 aliphatic heterocycles. The third-order valence-corrected chi connectivity index (χ3v) is 6.73. The molecule has 0 unspecified atom stereocenters. The lowest BCUT2D eigenvalue weighted by Crippen LogP contribution is -2.43. The van der Waals surface area contributed by atoms with Crippen LogP contribution in [0.4, 0.5) is 0 Å². The van der Waals surface area contributed by atoms with E-state index in [9.17, 15) is 8.42 Å². The van der Waals surface area contributed by atoms with Gasteiger partial charge in [0.05, 0.1) is 4.90 Å². The van der Waals surface area contributed by atoms with Crippen molar-refractivity contribution in [3.63, 3.8) is 0 Å². The Bertz CT molecular complexity index is 945. The average molecular weight is 514 g/mol. The largest absolute Gasteiger partial charge is 0.352 e. The molecular formula is C20H27IN4O2S. The minimum atomic E-state index is -3.49. The second kappa shape index (κ2) is 9.71. The molecule has 0 atom stereocenters. The zero-order valence-electron chi connectivity index (χ0n) is 16.4. The van der Waals surface area contributed by atoms with Crippen LogP contribution in [0.1, 0.15) is 16.7 Å². The molecular weight excluding hydrogens is 487 g/mol. The molecule has 0 bridgehead atoms. The van der Waals surface area contributed by atoms with Gasteiger partial charge in [-0.3, -0.25) is 4.99 Å². The van der Waals surface area contributed by atoms with Crippen molar-refractivity contribution in [2.45, 2.75) is 24.4 Å². The molecule has 0 saturated heterocycles. The second-order valence-corrected chi connectivity index (χ2v) is 8.86. The van der Waals surface area contributed by atoms with Crippen LogP contribution >= 0.6 is 24.0 Å². The van der Waals surface area contributed by atoms with Gasteiger partial charge < -0.3 is 10.2 Å². The fourth-order valence-corrected chi connectivity index (χ4v) is 4.40. The first-order valence-corrected chi connectivity index (χ1v) is 10.4. The molecule has 0 spiro atoms. The Morgan fingerprint density at radius 3 is 2.43 bits per heavy atom. The summed E-state index contributed by atoms with van der Waals surface area (Å²) in [5, 5.41) is 3.33. The molecule has 8 heteroatoms. The summed E-state index contributed by atoms with van der Waals surface area (Å²) in [5.41, 5.74) is 3.42. The fourth-order valence-electron chi connectivity index (χ4n) is 3.28. The van der Waals surface area contributed by atoms with Crippen LogP contribution < -0.4 is 5.32 Å². The predicted octanol–water partition coefficient (Wildman–Crippen LogP) is 2.69. The van der Waals surface area contributed by atoms with Crippen molar-refractivity contribution in [2.75, 3.05) is 27.7 Å². The Labute approximate surface area is 184 Å². The Balaban J connectivity index is 0.00000280. The number of hydrogen-bond donors (Lipinski definition) is 1. The first-order chi connectivity index (χ1) is 12.9. The van der Waals surface area contributed by atoms with Gasteiger partial charge in [0, 0.05) is 40.8 Å². The van der Waals surface area contributed by atoms with E-state index in [1.807, 2.05) is 12.1 Å². The van der Waals surface area contributed by atoms with E-state index < -0.39 is 10.0 Å².